The number of allylic oxidation sites excluding steroid dienone is 1. The fourth-order valence-electron chi connectivity index (χ4n) is 3.08. The van der Waals surface area contributed by atoms with E-state index in [1.165, 1.54) is 26.4 Å². The van der Waals surface area contributed by atoms with E-state index in [1.807, 2.05) is 30.3 Å². The molecule has 3 atom stereocenters. The molecule has 0 radical (unpaired) electrons. The van der Waals surface area contributed by atoms with Crippen molar-refractivity contribution >= 4 is 5.97 Å². The summed E-state index contributed by atoms with van der Waals surface area (Å²) in [6, 6.07) is 7.96. The standard InChI is InChI=1S/C24H32O4/c1-3-4-5-6-7-8-13-21(25)17-16-19-11-9-12-20(18-19)24-22(28-24)14-10-15-23(26)27-2/h7-9,11-12,18,21-22,24-25H,3-6,10,13-15H2,1-2H3. The van der Waals surface area contributed by atoms with Gasteiger partial charge in [-0.2, -0.15) is 0 Å². The van der Waals surface area contributed by atoms with Gasteiger partial charge in [-0.1, -0.05) is 55.9 Å². The molecule has 1 fully saturated rings. The van der Waals surface area contributed by atoms with Crippen molar-refractivity contribution in [2.24, 2.45) is 0 Å². The molecule has 1 heterocycles. The first-order valence-electron chi connectivity index (χ1n) is 10.3. The minimum Gasteiger partial charge on any atom is -0.469 e. The maximum absolute atomic E-state index is 11.2. The van der Waals surface area contributed by atoms with Crippen molar-refractivity contribution in [3.63, 3.8) is 0 Å². The number of hydrogen-bond donors (Lipinski definition) is 1. The van der Waals surface area contributed by atoms with Gasteiger partial charge in [-0.05, 0) is 43.4 Å². The second kappa shape index (κ2) is 12.4. The molecular weight excluding hydrogens is 352 g/mol. The van der Waals surface area contributed by atoms with E-state index in [2.05, 4.69) is 29.6 Å². The Labute approximate surface area is 168 Å². The van der Waals surface area contributed by atoms with Crippen LogP contribution in [0.2, 0.25) is 0 Å². The van der Waals surface area contributed by atoms with Gasteiger partial charge in [-0.15, -0.1) is 0 Å². The summed E-state index contributed by atoms with van der Waals surface area (Å²) in [4.78, 5) is 11.2. The highest BCUT2D eigenvalue weighted by atomic mass is 16.6. The van der Waals surface area contributed by atoms with Crippen molar-refractivity contribution < 1.29 is 19.4 Å². The molecule has 4 heteroatoms. The molecule has 4 nitrogen and oxygen atoms in total. The molecule has 0 saturated carbocycles. The van der Waals surface area contributed by atoms with Crippen molar-refractivity contribution in [1.29, 1.82) is 0 Å². The average Bonchev–Trinajstić information content (AvgIpc) is 3.48. The van der Waals surface area contributed by atoms with E-state index < -0.39 is 6.10 Å². The molecule has 0 amide bonds. The van der Waals surface area contributed by atoms with Crippen molar-refractivity contribution in [2.75, 3.05) is 7.11 Å². The fraction of sp³-hybridized carbons (Fsp3) is 0.542. The highest BCUT2D eigenvalue weighted by molar-refractivity contribution is 5.69. The smallest absolute Gasteiger partial charge is 0.305 e. The third-order valence-corrected chi connectivity index (χ3v) is 4.78. The second-order valence-corrected chi connectivity index (χ2v) is 7.18. The van der Waals surface area contributed by atoms with E-state index in [4.69, 9.17) is 4.74 Å². The van der Waals surface area contributed by atoms with Gasteiger partial charge in [0.25, 0.3) is 0 Å². The molecule has 0 spiro atoms. The molecule has 1 saturated heterocycles. The van der Waals surface area contributed by atoms with Crippen LogP contribution in [-0.4, -0.2) is 30.4 Å². The van der Waals surface area contributed by atoms with Crippen molar-refractivity contribution in [3.05, 3.63) is 47.5 Å². The number of esters is 1. The summed E-state index contributed by atoms with van der Waals surface area (Å²) in [5.41, 5.74) is 1.98. The largest absolute Gasteiger partial charge is 0.469 e. The van der Waals surface area contributed by atoms with Gasteiger partial charge in [0.15, 0.2) is 0 Å². The third kappa shape index (κ3) is 8.29. The van der Waals surface area contributed by atoms with Crippen LogP contribution in [0.1, 0.15) is 75.5 Å². The average molecular weight is 385 g/mol. The van der Waals surface area contributed by atoms with Gasteiger partial charge < -0.3 is 14.6 Å². The number of carbonyl (C=O) groups is 1. The van der Waals surface area contributed by atoms with Gasteiger partial charge in [0, 0.05) is 18.4 Å². The van der Waals surface area contributed by atoms with Gasteiger partial charge >= 0.3 is 5.97 Å². The Hall–Kier alpha value is -2.09. The lowest BCUT2D eigenvalue weighted by Gasteiger charge is -2.00. The molecule has 1 aliphatic rings. The number of unbranched alkanes of at least 4 members (excludes halogenated alkanes) is 3. The van der Waals surface area contributed by atoms with Gasteiger partial charge in [0.05, 0.1) is 13.2 Å². The molecule has 0 bridgehead atoms. The lowest BCUT2D eigenvalue weighted by molar-refractivity contribution is -0.140. The Morgan fingerprint density at radius 2 is 2.18 bits per heavy atom. The van der Waals surface area contributed by atoms with E-state index in [0.717, 1.165) is 30.4 Å². The molecule has 1 aromatic rings. The van der Waals surface area contributed by atoms with Crippen LogP contribution in [0.15, 0.2) is 36.4 Å². The maximum atomic E-state index is 11.2. The zero-order valence-electron chi connectivity index (χ0n) is 17.0. The minimum absolute atomic E-state index is 0.0791. The zero-order chi connectivity index (χ0) is 20.2. The van der Waals surface area contributed by atoms with Crippen LogP contribution in [0.5, 0.6) is 0 Å². The quantitative estimate of drug-likeness (QED) is 0.197. The Kier molecular flexibility index (Phi) is 9.82. The van der Waals surface area contributed by atoms with E-state index in [1.54, 1.807) is 0 Å². The molecule has 1 N–H and O–H groups in total. The van der Waals surface area contributed by atoms with E-state index in [0.29, 0.717) is 12.8 Å². The number of aliphatic hydroxyl groups is 1. The summed E-state index contributed by atoms with van der Waals surface area (Å²) in [6.07, 6.45) is 11.1. The molecule has 2 rings (SSSR count). The van der Waals surface area contributed by atoms with Gasteiger partial charge in [0.1, 0.15) is 12.2 Å². The number of ether oxygens (including phenoxy) is 2. The normalized spacial score (nSPS) is 19.1. The summed E-state index contributed by atoms with van der Waals surface area (Å²) in [7, 11) is 1.41. The van der Waals surface area contributed by atoms with E-state index >= 15 is 0 Å². The molecule has 0 aliphatic carbocycles. The molecule has 1 aromatic carbocycles. The zero-order valence-corrected chi connectivity index (χ0v) is 17.0. The number of benzene rings is 1. The second-order valence-electron chi connectivity index (χ2n) is 7.18. The number of rotatable bonds is 11. The fourth-order valence-corrected chi connectivity index (χ4v) is 3.08. The first-order chi connectivity index (χ1) is 13.6. The lowest BCUT2D eigenvalue weighted by atomic mass is 10.0. The van der Waals surface area contributed by atoms with E-state index in [9.17, 15) is 9.90 Å². The summed E-state index contributed by atoms with van der Waals surface area (Å²) in [5.74, 6) is 5.80. The highest BCUT2D eigenvalue weighted by Gasteiger charge is 2.39. The van der Waals surface area contributed by atoms with Crippen molar-refractivity contribution in [2.45, 2.75) is 76.6 Å². The molecule has 0 aromatic heterocycles. The van der Waals surface area contributed by atoms with Crippen molar-refractivity contribution in [3.8, 4) is 11.8 Å². The van der Waals surface area contributed by atoms with Crippen LogP contribution in [0.25, 0.3) is 0 Å². The first kappa shape index (κ1) is 22.2. The summed E-state index contributed by atoms with van der Waals surface area (Å²) >= 11 is 0. The van der Waals surface area contributed by atoms with Crippen LogP contribution in [0.3, 0.4) is 0 Å². The topological polar surface area (TPSA) is 59.1 Å². The lowest BCUT2D eigenvalue weighted by Crippen LogP contribution is -2.01. The predicted octanol–water partition coefficient (Wildman–Crippen LogP) is 4.71. The number of hydrogen-bond acceptors (Lipinski definition) is 4. The van der Waals surface area contributed by atoms with Crippen LogP contribution in [0, 0.1) is 11.8 Å². The number of epoxide rings is 1. The molecule has 1 aliphatic heterocycles. The predicted molar refractivity (Wildman–Crippen MR) is 111 cm³/mol. The number of carbonyl (C=O) groups excluding carboxylic acids is 1. The van der Waals surface area contributed by atoms with Crippen LogP contribution >= 0.6 is 0 Å². The summed E-state index contributed by atoms with van der Waals surface area (Å²) < 4.78 is 10.4. The van der Waals surface area contributed by atoms with E-state index in [-0.39, 0.29) is 18.2 Å². The summed E-state index contributed by atoms with van der Waals surface area (Å²) in [6.45, 7) is 2.19. The Morgan fingerprint density at radius 1 is 1.32 bits per heavy atom. The minimum atomic E-state index is -0.644. The monoisotopic (exact) mass is 384 g/mol. The molecular formula is C24H32O4. The first-order valence-corrected chi connectivity index (χ1v) is 10.3. The molecule has 28 heavy (non-hydrogen) atoms. The van der Waals surface area contributed by atoms with Crippen LogP contribution in [0.4, 0.5) is 0 Å². The van der Waals surface area contributed by atoms with Gasteiger partial charge in [-0.3, -0.25) is 4.79 Å². The Balaban J connectivity index is 1.76. The molecule has 152 valence electrons. The van der Waals surface area contributed by atoms with Crippen LogP contribution in [-0.2, 0) is 14.3 Å². The van der Waals surface area contributed by atoms with Gasteiger partial charge in [0.2, 0.25) is 0 Å². The van der Waals surface area contributed by atoms with Gasteiger partial charge in [-0.25, -0.2) is 0 Å². The third-order valence-electron chi connectivity index (χ3n) is 4.78. The highest BCUT2D eigenvalue weighted by Crippen LogP contribution is 2.41. The Morgan fingerprint density at radius 3 is 2.96 bits per heavy atom. The number of methoxy groups -OCH3 is 1. The Bertz CT molecular complexity index is 698. The SMILES string of the molecule is CCCCCC=CCC(O)C#Cc1cccc(C2OC2CCCC(=O)OC)c1. The van der Waals surface area contributed by atoms with Crippen molar-refractivity contribution in [1.82, 2.24) is 0 Å². The maximum Gasteiger partial charge on any atom is 0.305 e. The number of aliphatic hydroxyl groups excluding tert-OH is 1. The van der Waals surface area contributed by atoms with Crippen LogP contribution < -0.4 is 0 Å². The summed E-state index contributed by atoms with van der Waals surface area (Å²) in [5, 5.41) is 10.0. The molecule has 3 unspecified atom stereocenters.